The van der Waals surface area contributed by atoms with E-state index >= 15 is 0 Å². The van der Waals surface area contributed by atoms with Gasteiger partial charge >= 0.3 is 0 Å². The van der Waals surface area contributed by atoms with E-state index in [0.717, 1.165) is 32.7 Å². The summed E-state index contributed by atoms with van der Waals surface area (Å²) in [6.07, 6.45) is 7.04. The highest BCUT2D eigenvalue weighted by Gasteiger charge is 2.38. The van der Waals surface area contributed by atoms with E-state index in [1.165, 1.54) is 18.4 Å². The number of pyridine rings is 1. The first-order chi connectivity index (χ1) is 14.0. The molecule has 1 saturated carbocycles. The van der Waals surface area contributed by atoms with Crippen molar-refractivity contribution in [1.82, 2.24) is 9.97 Å². The van der Waals surface area contributed by atoms with Crippen LogP contribution in [0.3, 0.4) is 0 Å². The Labute approximate surface area is 190 Å². The van der Waals surface area contributed by atoms with Crippen LogP contribution in [0.4, 0.5) is 5.13 Å². The summed E-state index contributed by atoms with van der Waals surface area (Å²) in [6.45, 7) is 4.28. The quantitative estimate of drug-likeness (QED) is 0.385. The van der Waals surface area contributed by atoms with Crippen LogP contribution in [0.1, 0.15) is 42.5 Å². The van der Waals surface area contributed by atoms with Crippen LogP contribution in [-0.2, 0) is 0 Å². The Balaban J connectivity index is 1.63. The molecule has 29 heavy (non-hydrogen) atoms. The first-order valence-corrected chi connectivity index (χ1v) is 11.7. The molecule has 0 saturated heterocycles. The molecule has 2 atom stereocenters. The second-order valence-corrected chi connectivity index (χ2v) is 9.92. The Morgan fingerprint density at radius 1 is 1.17 bits per heavy atom. The Morgan fingerprint density at radius 2 is 1.97 bits per heavy atom. The Kier molecular flexibility index (Phi) is 6.35. The number of rotatable bonds is 7. The molecule has 7 heteroatoms. The van der Waals surface area contributed by atoms with E-state index in [1.54, 1.807) is 23.6 Å². The highest BCUT2D eigenvalue weighted by molar-refractivity contribution is 7.16. The van der Waals surface area contributed by atoms with Crippen LogP contribution in [0.15, 0.2) is 36.7 Å². The molecule has 152 valence electrons. The van der Waals surface area contributed by atoms with E-state index in [1.807, 2.05) is 18.3 Å². The molecule has 1 N–H and O–H groups in total. The van der Waals surface area contributed by atoms with Gasteiger partial charge in [-0.05, 0) is 61.9 Å². The molecule has 2 unspecified atom stereocenters. The summed E-state index contributed by atoms with van der Waals surface area (Å²) < 4.78 is 0. The molecule has 0 spiro atoms. The third kappa shape index (κ3) is 4.56. The summed E-state index contributed by atoms with van der Waals surface area (Å²) in [5.74, 6) is 1.00. The van der Waals surface area contributed by atoms with Gasteiger partial charge in [0.25, 0.3) is 0 Å². The molecule has 3 aromatic rings. The fraction of sp³-hybridized carbons (Fsp3) is 0.364. The fourth-order valence-electron chi connectivity index (χ4n) is 3.90. The van der Waals surface area contributed by atoms with E-state index < -0.39 is 0 Å². The lowest BCUT2D eigenvalue weighted by atomic mass is 9.86. The highest BCUT2D eigenvalue weighted by atomic mass is 35.5. The van der Waals surface area contributed by atoms with Crippen LogP contribution < -0.4 is 5.32 Å². The van der Waals surface area contributed by atoms with Gasteiger partial charge in [0, 0.05) is 39.8 Å². The SMILES string of the molecule is CCC(Nc1nc(-c2ccc(Cl)cc2Cl)c(C)s1)C(c1ccncc1Cl)C1CC1. The summed E-state index contributed by atoms with van der Waals surface area (Å²) in [5, 5.41) is 6.59. The number of hydrogen-bond donors (Lipinski definition) is 1. The van der Waals surface area contributed by atoms with Gasteiger partial charge in [-0.15, -0.1) is 11.3 Å². The monoisotopic (exact) mass is 465 g/mol. The zero-order chi connectivity index (χ0) is 20.5. The van der Waals surface area contributed by atoms with Crippen molar-refractivity contribution in [2.24, 2.45) is 5.92 Å². The topological polar surface area (TPSA) is 37.8 Å². The molecule has 0 amide bonds. The first-order valence-electron chi connectivity index (χ1n) is 9.76. The van der Waals surface area contributed by atoms with Crippen molar-refractivity contribution in [2.75, 3.05) is 5.32 Å². The molecule has 2 heterocycles. The van der Waals surface area contributed by atoms with Crippen LogP contribution in [0.5, 0.6) is 0 Å². The number of aromatic nitrogens is 2. The number of halogens is 3. The normalized spacial score (nSPS) is 15.9. The molecule has 0 radical (unpaired) electrons. The lowest BCUT2D eigenvalue weighted by Crippen LogP contribution is -2.28. The van der Waals surface area contributed by atoms with E-state index in [-0.39, 0.29) is 6.04 Å². The van der Waals surface area contributed by atoms with Gasteiger partial charge in [0.2, 0.25) is 0 Å². The number of nitrogens with zero attached hydrogens (tertiary/aromatic N) is 2. The predicted octanol–water partition coefficient (Wildman–Crippen LogP) is 7.86. The molecule has 1 aromatic carbocycles. The molecule has 0 bridgehead atoms. The zero-order valence-electron chi connectivity index (χ0n) is 16.3. The molecular weight excluding hydrogens is 445 g/mol. The third-order valence-electron chi connectivity index (χ3n) is 5.46. The summed E-state index contributed by atoms with van der Waals surface area (Å²) in [5.41, 5.74) is 2.98. The molecule has 3 nitrogen and oxygen atoms in total. The summed E-state index contributed by atoms with van der Waals surface area (Å²) in [4.78, 5) is 10.1. The van der Waals surface area contributed by atoms with Gasteiger partial charge in [-0.2, -0.15) is 0 Å². The molecule has 4 rings (SSSR count). The van der Waals surface area contributed by atoms with Gasteiger partial charge in [0.05, 0.1) is 15.7 Å². The highest BCUT2D eigenvalue weighted by Crippen LogP contribution is 2.48. The Hall–Kier alpha value is -1.33. The summed E-state index contributed by atoms with van der Waals surface area (Å²) in [7, 11) is 0. The minimum absolute atomic E-state index is 0.251. The van der Waals surface area contributed by atoms with Crippen molar-refractivity contribution in [3.8, 4) is 11.3 Å². The van der Waals surface area contributed by atoms with Crippen LogP contribution >= 0.6 is 46.1 Å². The van der Waals surface area contributed by atoms with Crippen molar-refractivity contribution in [3.05, 3.63) is 62.2 Å². The standard InChI is InChI=1S/C22H22Cl3N3S/c1-3-19(20(13-4-5-13)15-8-9-26-11-18(15)25)27-22-28-21(12(2)29-22)16-7-6-14(23)10-17(16)24/h6-11,13,19-20H,3-5H2,1-2H3,(H,27,28). The first kappa shape index (κ1) is 20.9. The second-order valence-electron chi connectivity index (χ2n) is 7.47. The number of nitrogens with one attached hydrogen (secondary N) is 1. The van der Waals surface area contributed by atoms with Crippen molar-refractivity contribution in [1.29, 1.82) is 0 Å². The van der Waals surface area contributed by atoms with Crippen molar-refractivity contribution < 1.29 is 0 Å². The van der Waals surface area contributed by atoms with Gasteiger partial charge in [-0.3, -0.25) is 4.98 Å². The lowest BCUT2D eigenvalue weighted by molar-refractivity contribution is 0.497. The maximum absolute atomic E-state index is 6.51. The number of anilines is 1. The van der Waals surface area contributed by atoms with Crippen molar-refractivity contribution in [3.63, 3.8) is 0 Å². The molecule has 1 aliphatic carbocycles. The average molecular weight is 467 g/mol. The van der Waals surface area contributed by atoms with Crippen LogP contribution in [0, 0.1) is 12.8 Å². The maximum Gasteiger partial charge on any atom is 0.183 e. The average Bonchev–Trinajstić information content (AvgIpc) is 3.46. The minimum Gasteiger partial charge on any atom is -0.358 e. The Bertz CT molecular complexity index is 1020. The number of thiazole rings is 1. The van der Waals surface area contributed by atoms with Crippen LogP contribution in [0.2, 0.25) is 15.1 Å². The van der Waals surface area contributed by atoms with Crippen molar-refractivity contribution in [2.45, 2.75) is 45.1 Å². The number of hydrogen-bond acceptors (Lipinski definition) is 4. The van der Waals surface area contributed by atoms with Gasteiger partial charge in [0.1, 0.15) is 0 Å². The van der Waals surface area contributed by atoms with Crippen LogP contribution in [-0.4, -0.2) is 16.0 Å². The van der Waals surface area contributed by atoms with E-state index in [9.17, 15) is 0 Å². The smallest absolute Gasteiger partial charge is 0.183 e. The van der Waals surface area contributed by atoms with Crippen molar-refractivity contribution >= 4 is 51.3 Å². The molecule has 0 aliphatic heterocycles. The summed E-state index contributed by atoms with van der Waals surface area (Å²) >= 11 is 20.6. The maximum atomic E-state index is 6.51. The second kappa shape index (κ2) is 8.81. The number of benzene rings is 1. The number of aryl methyl sites for hydroxylation is 1. The predicted molar refractivity (Wildman–Crippen MR) is 125 cm³/mol. The lowest BCUT2D eigenvalue weighted by Gasteiger charge is -2.28. The zero-order valence-corrected chi connectivity index (χ0v) is 19.3. The minimum atomic E-state index is 0.251. The van der Waals surface area contributed by atoms with Gasteiger partial charge < -0.3 is 5.32 Å². The fourth-order valence-corrected chi connectivity index (χ4v) is 5.54. The largest absolute Gasteiger partial charge is 0.358 e. The van der Waals surface area contributed by atoms with Gasteiger partial charge in [-0.1, -0.05) is 41.7 Å². The molecule has 2 aromatic heterocycles. The summed E-state index contributed by atoms with van der Waals surface area (Å²) in [6, 6.07) is 7.84. The van der Waals surface area contributed by atoms with E-state index in [4.69, 9.17) is 39.8 Å². The third-order valence-corrected chi connectivity index (χ3v) is 7.22. The van der Waals surface area contributed by atoms with E-state index in [2.05, 4.69) is 30.2 Å². The Morgan fingerprint density at radius 3 is 2.62 bits per heavy atom. The molecule has 1 aliphatic rings. The molecular formula is C22H22Cl3N3S. The van der Waals surface area contributed by atoms with Gasteiger partial charge in [0.15, 0.2) is 5.13 Å². The van der Waals surface area contributed by atoms with E-state index in [0.29, 0.717) is 21.9 Å². The van der Waals surface area contributed by atoms with Gasteiger partial charge in [-0.25, -0.2) is 4.98 Å². The molecule has 1 fully saturated rings. The van der Waals surface area contributed by atoms with Crippen LogP contribution in [0.25, 0.3) is 11.3 Å².